The Morgan fingerprint density at radius 2 is 2.05 bits per heavy atom. The lowest BCUT2D eigenvalue weighted by atomic mass is 10.2. The summed E-state index contributed by atoms with van der Waals surface area (Å²) in [6, 6.07) is 8.41. The highest BCUT2D eigenvalue weighted by Gasteiger charge is 2.07. The largest absolute Gasteiger partial charge is 0.462 e. The summed E-state index contributed by atoms with van der Waals surface area (Å²) >= 11 is 1.25. The van der Waals surface area contributed by atoms with Gasteiger partial charge in [0.25, 0.3) is 0 Å². The Hall–Kier alpha value is -2.00. The number of nitrogens with one attached hydrogen (secondary N) is 1. The Kier molecular flexibility index (Phi) is 6.47. The third-order valence-electron chi connectivity index (χ3n) is 2.08. The number of rotatable bonds is 6. The molecule has 1 aromatic rings. The van der Waals surface area contributed by atoms with E-state index in [1.165, 1.54) is 11.8 Å². The first-order valence-corrected chi connectivity index (χ1v) is 6.84. The molecule has 0 heterocycles. The topological polar surface area (TPSA) is 79.2 Å². The predicted molar refractivity (Wildman–Crippen MR) is 74.0 cm³/mol. The number of esters is 1. The summed E-state index contributed by atoms with van der Waals surface area (Å²) < 4.78 is 4.85. The van der Waals surface area contributed by atoms with Crippen LogP contribution in [0.2, 0.25) is 0 Å². The van der Waals surface area contributed by atoms with E-state index >= 15 is 0 Å². The molecule has 1 aromatic carbocycles. The number of anilines is 1. The van der Waals surface area contributed by atoms with Gasteiger partial charge in [-0.05, 0) is 31.2 Å². The van der Waals surface area contributed by atoms with Gasteiger partial charge >= 0.3 is 5.97 Å². The molecule has 0 saturated carbocycles. The van der Waals surface area contributed by atoms with Crippen LogP contribution in [0, 0.1) is 11.3 Å². The van der Waals surface area contributed by atoms with Gasteiger partial charge in [-0.2, -0.15) is 5.26 Å². The number of thioether (sulfide) groups is 1. The molecule has 0 saturated heterocycles. The van der Waals surface area contributed by atoms with Gasteiger partial charge in [0, 0.05) is 5.69 Å². The molecule has 19 heavy (non-hydrogen) atoms. The second kappa shape index (κ2) is 8.16. The maximum absolute atomic E-state index is 11.5. The monoisotopic (exact) mass is 278 g/mol. The van der Waals surface area contributed by atoms with Crippen LogP contribution in [-0.4, -0.2) is 30.0 Å². The average molecular weight is 278 g/mol. The van der Waals surface area contributed by atoms with E-state index in [-0.39, 0.29) is 23.4 Å². The van der Waals surface area contributed by atoms with Crippen LogP contribution in [0.5, 0.6) is 0 Å². The van der Waals surface area contributed by atoms with Crippen molar-refractivity contribution in [2.24, 2.45) is 0 Å². The van der Waals surface area contributed by atoms with E-state index in [1.54, 1.807) is 31.2 Å². The quantitative estimate of drug-likeness (QED) is 0.636. The molecule has 5 nitrogen and oxygen atoms in total. The van der Waals surface area contributed by atoms with Crippen LogP contribution in [0.1, 0.15) is 17.3 Å². The molecule has 0 radical (unpaired) electrons. The van der Waals surface area contributed by atoms with Gasteiger partial charge in [0.1, 0.15) is 0 Å². The summed E-state index contributed by atoms with van der Waals surface area (Å²) in [7, 11) is 0. The van der Waals surface area contributed by atoms with E-state index in [0.717, 1.165) is 0 Å². The van der Waals surface area contributed by atoms with Crippen LogP contribution in [-0.2, 0) is 9.53 Å². The van der Waals surface area contributed by atoms with Crippen LogP contribution < -0.4 is 5.32 Å². The lowest BCUT2D eigenvalue weighted by molar-refractivity contribution is -0.113. The molecule has 0 aromatic heterocycles. The standard InChI is InChI=1S/C13H14N2O3S/c1-2-18-13(17)10-3-5-11(6-4-10)15-12(16)9-19-8-7-14/h3-6H,2,8-9H2,1H3,(H,15,16). The lowest BCUT2D eigenvalue weighted by Gasteiger charge is -2.05. The first kappa shape index (κ1) is 15.1. The van der Waals surface area contributed by atoms with E-state index in [1.807, 2.05) is 6.07 Å². The summed E-state index contributed by atoms with van der Waals surface area (Å²) in [6.07, 6.45) is 0. The minimum Gasteiger partial charge on any atom is -0.462 e. The Morgan fingerprint density at radius 1 is 1.37 bits per heavy atom. The Morgan fingerprint density at radius 3 is 2.63 bits per heavy atom. The van der Waals surface area contributed by atoms with E-state index in [9.17, 15) is 9.59 Å². The first-order chi connectivity index (χ1) is 9.17. The van der Waals surface area contributed by atoms with Crippen molar-refractivity contribution in [3.63, 3.8) is 0 Å². The third kappa shape index (κ3) is 5.44. The van der Waals surface area contributed by atoms with Crippen molar-refractivity contribution in [3.8, 4) is 6.07 Å². The van der Waals surface area contributed by atoms with Crippen LogP contribution in [0.4, 0.5) is 5.69 Å². The molecule has 0 spiro atoms. The molecule has 0 aliphatic carbocycles. The normalized spacial score (nSPS) is 9.47. The van der Waals surface area contributed by atoms with Gasteiger partial charge in [0.2, 0.25) is 5.91 Å². The summed E-state index contributed by atoms with van der Waals surface area (Å²) in [4.78, 5) is 22.9. The van der Waals surface area contributed by atoms with Gasteiger partial charge in [0.05, 0.1) is 29.7 Å². The smallest absolute Gasteiger partial charge is 0.338 e. The van der Waals surface area contributed by atoms with Crippen molar-refractivity contribution in [1.82, 2.24) is 0 Å². The van der Waals surface area contributed by atoms with Gasteiger partial charge in [-0.15, -0.1) is 11.8 Å². The molecular formula is C13H14N2O3S. The highest BCUT2D eigenvalue weighted by Crippen LogP contribution is 2.11. The highest BCUT2D eigenvalue weighted by molar-refractivity contribution is 8.00. The van der Waals surface area contributed by atoms with Gasteiger partial charge in [-0.1, -0.05) is 0 Å². The van der Waals surface area contributed by atoms with Crippen LogP contribution in [0.15, 0.2) is 24.3 Å². The summed E-state index contributed by atoms with van der Waals surface area (Å²) in [5, 5.41) is 11.0. The van der Waals surface area contributed by atoms with Crippen molar-refractivity contribution in [1.29, 1.82) is 5.26 Å². The lowest BCUT2D eigenvalue weighted by Crippen LogP contribution is -2.14. The fraction of sp³-hybridized carbons (Fsp3) is 0.308. The molecule has 0 aliphatic heterocycles. The number of amides is 1. The van der Waals surface area contributed by atoms with E-state index in [0.29, 0.717) is 17.9 Å². The molecule has 6 heteroatoms. The second-order valence-corrected chi connectivity index (χ2v) is 4.48. The van der Waals surface area contributed by atoms with E-state index in [4.69, 9.17) is 10.00 Å². The van der Waals surface area contributed by atoms with Gasteiger partial charge in [-0.25, -0.2) is 4.79 Å². The first-order valence-electron chi connectivity index (χ1n) is 5.69. The minimum absolute atomic E-state index is 0.177. The second-order valence-electron chi connectivity index (χ2n) is 3.50. The molecule has 100 valence electrons. The number of nitriles is 1. The van der Waals surface area contributed by atoms with Crippen molar-refractivity contribution in [2.75, 3.05) is 23.4 Å². The van der Waals surface area contributed by atoms with Gasteiger partial charge < -0.3 is 10.1 Å². The fourth-order valence-electron chi connectivity index (χ4n) is 1.29. The number of hydrogen-bond acceptors (Lipinski definition) is 5. The van der Waals surface area contributed by atoms with Crippen molar-refractivity contribution in [3.05, 3.63) is 29.8 Å². The number of nitrogens with zero attached hydrogens (tertiary/aromatic N) is 1. The average Bonchev–Trinajstić information content (AvgIpc) is 2.40. The number of hydrogen-bond donors (Lipinski definition) is 1. The zero-order chi connectivity index (χ0) is 14.1. The summed E-state index contributed by atoms with van der Waals surface area (Å²) in [6.45, 7) is 2.07. The fourth-order valence-corrected chi connectivity index (χ4v) is 1.74. The Labute approximate surface area is 115 Å². The zero-order valence-corrected chi connectivity index (χ0v) is 11.3. The third-order valence-corrected chi connectivity index (χ3v) is 2.88. The minimum atomic E-state index is -0.384. The molecule has 1 amide bonds. The maximum Gasteiger partial charge on any atom is 0.338 e. The van der Waals surface area contributed by atoms with Crippen molar-refractivity contribution in [2.45, 2.75) is 6.92 Å². The molecule has 0 aliphatic rings. The molecule has 1 N–H and O–H groups in total. The van der Waals surface area contributed by atoms with Gasteiger partial charge in [0.15, 0.2) is 0 Å². The highest BCUT2D eigenvalue weighted by atomic mass is 32.2. The number of benzene rings is 1. The molecule has 0 unspecified atom stereocenters. The molecule has 0 fully saturated rings. The SMILES string of the molecule is CCOC(=O)c1ccc(NC(=O)CSCC#N)cc1. The van der Waals surface area contributed by atoms with Crippen LogP contribution >= 0.6 is 11.8 Å². The number of ether oxygens (including phenoxy) is 1. The maximum atomic E-state index is 11.5. The van der Waals surface area contributed by atoms with E-state index < -0.39 is 0 Å². The van der Waals surface area contributed by atoms with E-state index in [2.05, 4.69) is 5.32 Å². The van der Waals surface area contributed by atoms with Gasteiger partial charge in [-0.3, -0.25) is 4.79 Å². The van der Waals surface area contributed by atoms with Crippen LogP contribution in [0.3, 0.4) is 0 Å². The number of carbonyl (C=O) groups is 2. The van der Waals surface area contributed by atoms with Crippen molar-refractivity contribution < 1.29 is 14.3 Å². The summed E-state index contributed by atoms with van der Waals surface area (Å²) in [5.41, 5.74) is 1.05. The molecular weight excluding hydrogens is 264 g/mol. The Balaban J connectivity index is 2.50. The molecule has 0 atom stereocenters. The summed E-state index contributed by atoms with van der Waals surface area (Å²) in [5.74, 6) is -0.0448. The Bertz CT molecular complexity index is 480. The zero-order valence-electron chi connectivity index (χ0n) is 10.5. The predicted octanol–water partition coefficient (Wildman–Crippen LogP) is 2.06. The number of carbonyl (C=O) groups excluding carboxylic acids is 2. The molecule has 0 bridgehead atoms. The van der Waals surface area contributed by atoms with Crippen LogP contribution in [0.25, 0.3) is 0 Å². The molecule has 1 rings (SSSR count). The van der Waals surface area contributed by atoms with Crippen molar-refractivity contribution >= 4 is 29.3 Å².